The molecule has 2 aromatic carbocycles. The monoisotopic (exact) mass is 397 g/mol. The standard InChI is InChI=1S/C21H23N3O5/c1-15-14-29-12-11-23(15)18-7-5-17(6-8-18)22-19-9-3-16(4-10-21(25)28-2)13-20(19)24(26)27/h3-10,13,15,22H,11-12,14H2,1-2H3/b10-4+. The second-order valence-corrected chi connectivity index (χ2v) is 6.68. The molecule has 0 saturated carbocycles. The molecule has 8 heteroatoms. The zero-order chi connectivity index (χ0) is 20.8. The molecular weight excluding hydrogens is 374 g/mol. The molecule has 1 N–H and O–H groups in total. The smallest absolute Gasteiger partial charge is 0.330 e. The molecule has 0 aliphatic carbocycles. The number of methoxy groups -OCH3 is 1. The second kappa shape index (κ2) is 9.20. The average molecular weight is 397 g/mol. The largest absolute Gasteiger partial charge is 0.466 e. The van der Waals surface area contributed by atoms with Crippen molar-refractivity contribution < 1.29 is 19.2 Å². The van der Waals surface area contributed by atoms with Gasteiger partial charge < -0.3 is 19.7 Å². The second-order valence-electron chi connectivity index (χ2n) is 6.68. The minimum Gasteiger partial charge on any atom is -0.466 e. The number of hydrogen-bond acceptors (Lipinski definition) is 7. The van der Waals surface area contributed by atoms with E-state index in [0.29, 0.717) is 30.5 Å². The number of carbonyl (C=O) groups is 1. The third-order valence-corrected chi connectivity index (χ3v) is 4.68. The summed E-state index contributed by atoms with van der Waals surface area (Å²) in [4.78, 5) is 24.5. The van der Waals surface area contributed by atoms with E-state index >= 15 is 0 Å². The van der Waals surface area contributed by atoms with Gasteiger partial charge >= 0.3 is 5.97 Å². The fourth-order valence-electron chi connectivity index (χ4n) is 3.14. The predicted octanol–water partition coefficient (Wildman–Crippen LogP) is 3.75. The van der Waals surface area contributed by atoms with Crippen LogP contribution in [0.5, 0.6) is 0 Å². The third kappa shape index (κ3) is 5.11. The highest BCUT2D eigenvalue weighted by Gasteiger charge is 2.19. The first-order valence-electron chi connectivity index (χ1n) is 9.24. The van der Waals surface area contributed by atoms with Gasteiger partial charge in [-0.3, -0.25) is 10.1 Å². The Balaban J connectivity index is 1.77. The van der Waals surface area contributed by atoms with E-state index in [0.717, 1.165) is 17.9 Å². The fraction of sp³-hybridized carbons (Fsp3) is 0.286. The van der Waals surface area contributed by atoms with E-state index in [2.05, 4.69) is 21.9 Å². The van der Waals surface area contributed by atoms with Gasteiger partial charge in [-0.25, -0.2) is 4.79 Å². The third-order valence-electron chi connectivity index (χ3n) is 4.68. The average Bonchev–Trinajstić information content (AvgIpc) is 2.73. The molecule has 1 unspecified atom stereocenters. The van der Waals surface area contributed by atoms with Gasteiger partial charge in [0, 0.05) is 36.1 Å². The lowest BCUT2D eigenvalue weighted by Crippen LogP contribution is -2.43. The maximum atomic E-state index is 11.5. The maximum Gasteiger partial charge on any atom is 0.330 e. The van der Waals surface area contributed by atoms with E-state index in [1.165, 1.54) is 25.3 Å². The van der Waals surface area contributed by atoms with Crippen molar-refractivity contribution in [2.24, 2.45) is 0 Å². The Morgan fingerprint density at radius 2 is 2.07 bits per heavy atom. The molecule has 1 saturated heterocycles. The quantitative estimate of drug-likeness (QED) is 0.343. The molecule has 1 atom stereocenters. The van der Waals surface area contributed by atoms with Gasteiger partial charge in [-0.2, -0.15) is 0 Å². The Hall–Kier alpha value is -3.39. The number of morpholine rings is 1. The highest BCUT2D eigenvalue weighted by atomic mass is 16.6. The summed E-state index contributed by atoms with van der Waals surface area (Å²) in [6, 6.07) is 12.8. The predicted molar refractivity (Wildman–Crippen MR) is 111 cm³/mol. The van der Waals surface area contributed by atoms with Crippen molar-refractivity contribution >= 4 is 34.8 Å². The minimum absolute atomic E-state index is 0.0807. The number of esters is 1. The summed E-state index contributed by atoms with van der Waals surface area (Å²) in [6.45, 7) is 4.35. The molecule has 0 aromatic heterocycles. The van der Waals surface area contributed by atoms with Gasteiger partial charge in [0.05, 0.1) is 25.2 Å². The van der Waals surface area contributed by atoms with Crippen molar-refractivity contribution in [3.05, 3.63) is 64.2 Å². The molecule has 1 aliphatic rings. The summed E-state index contributed by atoms with van der Waals surface area (Å²) in [5.41, 5.74) is 2.66. The van der Waals surface area contributed by atoms with E-state index in [4.69, 9.17) is 4.74 Å². The molecular formula is C21H23N3O5. The first-order valence-corrected chi connectivity index (χ1v) is 9.24. The summed E-state index contributed by atoms with van der Waals surface area (Å²) >= 11 is 0. The lowest BCUT2D eigenvalue weighted by atomic mass is 10.1. The Kier molecular flexibility index (Phi) is 6.46. The summed E-state index contributed by atoms with van der Waals surface area (Å²) in [7, 11) is 1.27. The number of nitro benzene ring substituents is 1. The number of nitrogens with zero attached hydrogens (tertiary/aromatic N) is 2. The van der Waals surface area contributed by atoms with Crippen molar-refractivity contribution in [2.45, 2.75) is 13.0 Å². The van der Waals surface area contributed by atoms with Crippen molar-refractivity contribution in [2.75, 3.05) is 37.1 Å². The van der Waals surface area contributed by atoms with Gasteiger partial charge in [-0.05, 0) is 48.9 Å². The van der Waals surface area contributed by atoms with Crippen molar-refractivity contribution in [1.29, 1.82) is 0 Å². The molecule has 8 nitrogen and oxygen atoms in total. The summed E-state index contributed by atoms with van der Waals surface area (Å²) in [5.74, 6) is -0.524. The molecule has 0 amide bonds. The van der Waals surface area contributed by atoms with E-state index < -0.39 is 10.9 Å². The van der Waals surface area contributed by atoms with Crippen LogP contribution in [-0.2, 0) is 14.3 Å². The Labute approximate surface area is 168 Å². The van der Waals surface area contributed by atoms with Gasteiger partial charge in [0.2, 0.25) is 0 Å². The summed E-state index contributed by atoms with van der Waals surface area (Å²) in [6.07, 6.45) is 2.69. The first kappa shape index (κ1) is 20.3. The minimum atomic E-state index is -0.524. The Morgan fingerprint density at radius 3 is 2.72 bits per heavy atom. The Bertz CT molecular complexity index is 911. The molecule has 0 radical (unpaired) electrons. The SMILES string of the molecule is COC(=O)/C=C/c1ccc(Nc2ccc(N3CCOCC3C)cc2)c([N+](=O)[O-])c1. The van der Waals surface area contributed by atoms with Gasteiger partial charge in [0.1, 0.15) is 5.69 Å². The van der Waals surface area contributed by atoms with Gasteiger partial charge in [-0.15, -0.1) is 0 Å². The lowest BCUT2D eigenvalue weighted by molar-refractivity contribution is -0.383. The number of ether oxygens (including phenoxy) is 2. The van der Waals surface area contributed by atoms with Crippen LogP contribution in [0.15, 0.2) is 48.5 Å². The number of rotatable bonds is 6. The van der Waals surface area contributed by atoms with E-state index in [9.17, 15) is 14.9 Å². The van der Waals surface area contributed by atoms with E-state index in [-0.39, 0.29) is 5.69 Å². The van der Waals surface area contributed by atoms with Crippen LogP contribution in [0.1, 0.15) is 12.5 Å². The fourth-order valence-corrected chi connectivity index (χ4v) is 3.14. The van der Waals surface area contributed by atoms with Crippen LogP contribution in [0.25, 0.3) is 6.08 Å². The van der Waals surface area contributed by atoms with Crippen LogP contribution in [0, 0.1) is 10.1 Å². The molecule has 1 aliphatic heterocycles. The molecule has 0 spiro atoms. The number of anilines is 3. The van der Waals surface area contributed by atoms with Crippen LogP contribution >= 0.6 is 0 Å². The zero-order valence-corrected chi connectivity index (χ0v) is 16.3. The molecule has 1 heterocycles. The highest BCUT2D eigenvalue weighted by molar-refractivity contribution is 5.87. The zero-order valence-electron chi connectivity index (χ0n) is 16.3. The molecule has 2 aromatic rings. The van der Waals surface area contributed by atoms with E-state index in [1.807, 2.05) is 24.3 Å². The summed E-state index contributed by atoms with van der Waals surface area (Å²) in [5, 5.41) is 14.6. The van der Waals surface area contributed by atoms with Gasteiger partial charge in [0.25, 0.3) is 5.69 Å². The van der Waals surface area contributed by atoms with Crippen molar-refractivity contribution in [3.63, 3.8) is 0 Å². The maximum absolute atomic E-state index is 11.5. The molecule has 1 fully saturated rings. The molecule has 152 valence electrons. The van der Waals surface area contributed by atoms with Crippen LogP contribution in [0.3, 0.4) is 0 Å². The van der Waals surface area contributed by atoms with Gasteiger partial charge in [-0.1, -0.05) is 6.07 Å². The van der Waals surface area contributed by atoms with Gasteiger partial charge in [0.15, 0.2) is 0 Å². The number of hydrogen-bond donors (Lipinski definition) is 1. The van der Waals surface area contributed by atoms with Crippen molar-refractivity contribution in [3.8, 4) is 0 Å². The van der Waals surface area contributed by atoms with Crippen molar-refractivity contribution in [1.82, 2.24) is 0 Å². The molecule has 0 bridgehead atoms. The molecule has 3 rings (SSSR count). The van der Waals surface area contributed by atoms with E-state index in [1.54, 1.807) is 12.1 Å². The first-order chi connectivity index (χ1) is 14.0. The summed E-state index contributed by atoms with van der Waals surface area (Å²) < 4.78 is 10.00. The van der Waals surface area contributed by atoms with Crippen LogP contribution < -0.4 is 10.2 Å². The number of nitrogens with one attached hydrogen (secondary N) is 1. The normalized spacial score (nSPS) is 16.6. The van der Waals surface area contributed by atoms with Crippen LogP contribution in [0.4, 0.5) is 22.7 Å². The van der Waals surface area contributed by atoms with Crippen LogP contribution in [-0.4, -0.2) is 43.8 Å². The highest BCUT2D eigenvalue weighted by Crippen LogP contribution is 2.30. The lowest BCUT2D eigenvalue weighted by Gasteiger charge is -2.35. The van der Waals surface area contributed by atoms with Crippen LogP contribution in [0.2, 0.25) is 0 Å². The number of carbonyl (C=O) groups excluding carboxylic acids is 1. The Morgan fingerprint density at radius 1 is 1.31 bits per heavy atom. The number of nitro groups is 1. The molecule has 29 heavy (non-hydrogen) atoms. The number of benzene rings is 2. The topological polar surface area (TPSA) is 93.9 Å².